The molecular formula is C8H10N2O3. The minimum Gasteiger partial charge on any atom is -0.488 e. The molecule has 0 saturated carbocycles. The molecule has 13 heavy (non-hydrogen) atoms. The second-order valence-corrected chi connectivity index (χ2v) is 2.72. The first-order chi connectivity index (χ1) is 6.11. The summed E-state index contributed by atoms with van der Waals surface area (Å²) >= 11 is 0. The van der Waals surface area contributed by atoms with Gasteiger partial charge < -0.3 is 9.84 Å². The molecule has 0 aliphatic rings. The van der Waals surface area contributed by atoms with E-state index in [0.717, 1.165) is 0 Å². The molecule has 5 heteroatoms. The number of nitrogens with zero attached hydrogens (tertiary/aromatic N) is 2. The summed E-state index contributed by atoms with van der Waals surface area (Å²) in [6.45, 7) is 3.62. The highest BCUT2D eigenvalue weighted by Crippen LogP contribution is 2.15. The van der Waals surface area contributed by atoms with E-state index < -0.39 is 5.97 Å². The Bertz CT molecular complexity index is 312. The lowest BCUT2D eigenvalue weighted by Gasteiger charge is -2.09. The molecule has 70 valence electrons. The van der Waals surface area contributed by atoms with E-state index >= 15 is 0 Å². The van der Waals surface area contributed by atoms with Crippen molar-refractivity contribution in [1.82, 2.24) is 10.2 Å². The Hall–Kier alpha value is -1.65. The number of aromatic carboxylic acids is 1. The van der Waals surface area contributed by atoms with Gasteiger partial charge in [0.15, 0.2) is 5.75 Å². The molecule has 0 aliphatic carbocycles. The summed E-state index contributed by atoms with van der Waals surface area (Å²) in [6.07, 6.45) is 1.31. The van der Waals surface area contributed by atoms with Crippen molar-refractivity contribution in [3.8, 4) is 5.75 Å². The molecule has 0 saturated heterocycles. The highest BCUT2D eigenvalue weighted by Gasteiger charge is 2.13. The number of carboxylic acids is 1. The molecule has 0 bridgehead atoms. The van der Waals surface area contributed by atoms with Crippen LogP contribution in [0.2, 0.25) is 0 Å². The maximum Gasteiger partial charge on any atom is 0.360 e. The average molecular weight is 182 g/mol. The van der Waals surface area contributed by atoms with Crippen molar-refractivity contribution in [3.05, 3.63) is 18.0 Å². The monoisotopic (exact) mass is 182 g/mol. The van der Waals surface area contributed by atoms with Gasteiger partial charge in [0.1, 0.15) is 0 Å². The first-order valence-electron chi connectivity index (χ1n) is 3.83. The summed E-state index contributed by atoms with van der Waals surface area (Å²) in [4.78, 5) is 10.6. The number of carboxylic acid groups (broad SMARTS) is 1. The fourth-order valence-corrected chi connectivity index (χ4v) is 0.818. The van der Waals surface area contributed by atoms with Crippen LogP contribution >= 0.6 is 0 Å². The van der Waals surface area contributed by atoms with E-state index in [-0.39, 0.29) is 17.5 Å². The summed E-state index contributed by atoms with van der Waals surface area (Å²) in [6, 6.07) is 1.48. The SMILES string of the molecule is CC(C)Oc1ccnnc1C(=O)O. The van der Waals surface area contributed by atoms with Crippen molar-refractivity contribution in [2.75, 3.05) is 0 Å². The van der Waals surface area contributed by atoms with Crippen molar-refractivity contribution in [2.24, 2.45) is 0 Å². The molecule has 0 amide bonds. The van der Waals surface area contributed by atoms with Gasteiger partial charge in [-0.3, -0.25) is 0 Å². The lowest BCUT2D eigenvalue weighted by atomic mass is 10.3. The Balaban J connectivity index is 2.98. The topological polar surface area (TPSA) is 72.3 Å². The Morgan fingerprint density at radius 3 is 2.85 bits per heavy atom. The lowest BCUT2D eigenvalue weighted by Crippen LogP contribution is -2.11. The van der Waals surface area contributed by atoms with E-state index in [1.165, 1.54) is 12.3 Å². The lowest BCUT2D eigenvalue weighted by molar-refractivity contribution is 0.0682. The van der Waals surface area contributed by atoms with E-state index in [1.54, 1.807) is 0 Å². The molecule has 0 radical (unpaired) electrons. The third kappa shape index (κ3) is 2.40. The number of rotatable bonds is 3. The van der Waals surface area contributed by atoms with E-state index in [2.05, 4.69) is 10.2 Å². The predicted molar refractivity (Wildman–Crippen MR) is 44.8 cm³/mol. The van der Waals surface area contributed by atoms with Gasteiger partial charge in [0.05, 0.1) is 12.3 Å². The standard InChI is InChI=1S/C8H10N2O3/c1-5(2)13-6-3-4-9-10-7(6)8(11)12/h3-5H,1-2H3,(H,11,12). The van der Waals surface area contributed by atoms with E-state index in [0.29, 0.717) is 0 Å². The average Bonchev–Trinajstić information content (AvgIpc) is 2.03. The summed E-state index contributed by atoms with van der Waals surface area (Å²) < 4.78 is 5.22. The van der Waals surface area contributed by atoms with Crippen molar-refractivity contribution < 1.29 is 14.6 Å². The molecule has 1 aromatic heterocycles. The molecule has 0 spiro atoms. The molecular weight excluding hydrogens is 172 g/mol. The number of aromatic nitrogens is 2. The van der Waals surface area contributed by atoms with Crippen LogP contribution in [0.4, 0.5) is 0 Å². The van der Waals surface area contributed by atoms with Gasteiger partial charge >= 0.3 is 5.97 Å². The summed E-state index contributed by atoms with van der Waals surface area (Å²) in [7, 11) is 0. The smallest absolute Gasteiger partial charge is 0.360 e. The van der Waals surface area contributed by atoms with Crippen LogP contribution in [-0.2, 0) is 0 Å². The minimum absolute atomic E-state index is 0.0812. The van der Waals surface area contributed by atoms with Gasteiger partial charge in [-0.05, 0) is 13.8 Å². The number of hydrogen-bond donors (Lipinski definition) is 1. The summed E-state index contributed by atoms with van der Waals surface area (Å²) in [5.74, 6) is -0.888. The van der Waals surface area contributed by atoms with E-state index in [4.69, 9.17) is 9.84 Å². The second kappa shape index (κ2) is 3.84. The maximum absolute atomic E-state index is 10.6. The third-order valence-corrected chi connectivity index (χ3v) is 1.25. The molecule has 1 aromatic rings. The molecule has 0 unspecified atom stereocenters. The Morgan fingerprint density at radius 2 is 2.31 bits per heavy atom. The number of ether oxygens (including phenoxy) is 1. The molecule has 0 fully saturated rings. The number of carbonyl (C=O) groups is 1. The first-order valence-corrected chi connectivity index (χ1v) is 3.83. The van der Waals surface area contributed by atoms with Gasteiger partial charge in [-0.25, -0.2) is 4.79 Å². The van der Waals surface area contributed by atoms with Gasteiger partial charge in [-0.15, -0.1) is 5.10 Å². The van der Waals surface area contributed by atoms with E-state index in [1.807, 2.05) is 13.8 Å². The zero-order valence-electron chi connectivity index (χ0n) is 7.39. The Labute approximate surface area is 75.4 Å². The van der Waals surface area contributed by atoms with Crippen molar-refractivity contribution in [2.45, 2.75) is 20.0 Å². The molecule has 1 N–H and O–H groups in total. The third-order valence-electron chi connectivity index (χ3n) is 1.25. The van der Waals surface area contributed by atoms with Crippen LogP contribution in [0.1, 0.15) is 24.3 Å². The van der Waals surface area contributed by atoms with Gasteiger partial charge in [0.25, 0.3) is 0 Å². The molecule has 0 aromatic carbocycles. The Kier molecular flexibility index (Phi) is 2.79. The van der Waals surface area contributed by atoms with Crippen LogP contribution in [0, 0.1) is 0 Å². The molecule has 1 rings (SSSR count). The van der Waals surface area contributed by atoms with Crippen LogP contribution in [0.5, 0.6) is 5.75 Å². The fourth-order valence-electron chi connectivity index (χ4n) is 0.818. The van der Waals surface area contributed by atoms with Crippen LogP contribution < -0.4 is 4.74 Å². The maximum atomic E-state index is 10.6. The molecule has 1 heterocycles. The second-order valence-electron chi connectivity index (χ2n) is 2.72. The Morgan fingerprint density at radius 1 is 1.62 bits per heavy atom. The van der Waals surface area contributed by atoms with Gasteiger partial charge in [-0.2, -0.15) is 5.10 Å². The predicted octanol–water partition coefficient (Wildman–Crippen LogP) is 0.962. The highest BCUT2D eigenvalue weighted by atomic mass is 16.5. The zero-order valence-corrected chi connectivity index (χ0v) is 7.39. The number of hydrogen-bond acceptors (Lipinski definition) is 4. The minimum atomic E-state index is -1.14. The normalized spacial score (nSPS) is 10.1. The van der Waals surface area contributed by atoms with Crippen molar-refractivity contribution in [1.29, 1.82) is 0 Å². The summed E-state index contributed by atoms with van der Waals surface area (Å²) in [5.41, 5.74) is -0.156. The van der Waals surface area contributed by atoms with Crippen molar-refractivity contribution in [3.63, 3.8) is 0 Å². The summed E-state index contributed by atoms with van der Waals surface area (Å²) in [5, 5.41) is 15.6. The zero-order chi connectivity index (χ0) is 9.84. The largest absolute Gasteiger partial charge is 0.488 e. The van der Waals surface area contributed by atoms with Crippen LogP contribution in [0.3, 0.4) is 0 Å². The van der Waals surface area contributed by atoms with Crippen molar-refractivity contribution >= 4 is 5.97 Å². The van der Waals surface area contributed by atoms with Crippen LogP contribution in [-0.4, -0.2) is 27.4 Å². The quantitative estimate of drug-likeness (QED) is 0.753. The molecule has 0 atom stereocenters. The fraction of sp³-hybridized carbons (Fsp3) is 0.375. The van der Waals surface area contributed by atoms with Gasteiger partial charge in [0, 0.05) is 6.07 Å². The van der Waals surface area contributed by atoms with Crippen LogP contribution in [0.15, 0.2) is 12.3 Å². The van der Waals surface area contributed by atoms with Gasteiger partial charge in [-0.1, -0.05) is 0 Å². The first kappa shape index (κ1) is 9.44. The van der Waals surface area contributed by atoms with E-state index in [9.17, 15) is 4.79 Å². The highest BCUT2D eigenvalue weighted by molar-refractivity contribution is 5.88. The molecule has 0 aliphatic heterocycles. The van der Waals surface area contributed by atoms with Crippen LogP contribution in [0.25, 0.3) is 0 Å². The van der Waals surface area contributed by atoms with Gasteiger partial charge in [0.2, 0.25) is 5.69 Å². The molecule has 5 nitrogen and oxygen atoms in total.